The van der Waals surface area contributed by atoms with Gasteiger partial charge in [-0.25, -0.2) is 9.78 Å². The number of hydrogen-bond donors (Lipinski definition) is 1. The van der Waals surface area contributed by atoms with Gasteiger partial charge < -0.3 is 10.1 Å². The monoisotopic (exact) mass is 339 g/mol. The zero-order valence-electron chi connectivity index (χ0n) is 14.2. The Kier molecular flexibility index (Phi) is 5.62. The predicted molar refractivity (Wildman–Crippen MR) is 89.3 cm³/mol. The van der Waals surface area contributed by atoms with Gasteiger partial charge in [-0.15, -0.1) is 11.3 Å². The third-order valence-electron chi connectivity index (χ3n) is 3.54. The number of nitrogens with zero attached hydrogens (tertiary/aromatic N) is 2. The Balaban J connectivity index is 1.96. The van der Waals surface area contributed by atoms with E-state index in [-0.39, 0.29) is 5.91 Å². The molecule has 2 amide bonds. The summed E-state index contributed by atoms with van der Waals surface area (Å²) in [5.41, 5.74) is 0.286. The van der Waals surface area contributed by atoms with Crippen LogP contribution >= 0.6 is 11.3 Å². The van der Waals surface area contributed by atoms with Gasteiger partial charge in [-0.1, -0.05) is 0 Å². The van der Waals surface area contributed by atoms with Gasteiger partial charge in [0.2, 0.25) is 5.91 Å². The summed E-state index contributed by atoms with van der Waals surface area (Å²) in [5, 5.41) is 5.79. The van der Waals surface area contributed by atoms with Crippen molar-refractivity contribution in [3.05, 3.63) is 16.1 Å². The van der Waals surface area contributed by atoms with Crippen LogP contribution in [0.3, 0.4) is 0 Å². The molecule has 0 saturated carbocycles. The van der Waals surface area contributed by atoms with E-state index in [1.54, 1.807) is 16.2 Å². The maximum atomic E-state index is 12.5. The second kappa shape index (κ2) is 7.29. The first-order valence-electron chi connectivity index (χ1n) is 7.94. The second-order valence-electron chi connectivity index (χ2n) is 6.76. The van der Waals surface area contributed by atoms with E-state index >= 15 is 0 Å². The van der Waals surface area contributed by atoms with Crippen molar-refractivity contribution in [2.75, 3.05) is 6.54 Å². The van der Waals surface area contributed by atoms with Crippen LogP contribution in [0.2, 0.25) is 0 Å². The Morgan fingerprint density at radius 1 is 1.43 bits per heavy atom. The molecule has 1 atom stereocenters. The molecule has 1 saturated heterocycles. The zero-order chi connectivity index (χ0) is 17.0. The molecule has 2 heterocycles. The van der Waals surface area contributed by atoms with Gasteiger partial charge in [-0.2, -0.15) is 0 Å². The van der Waals surface area contributed by atoms with E-state index in [0.717, 1.165) is 23.5 Å². The number of rotatable bonds is 3. The number of piperidine rings is 1. The van der Waals surface area contributed by atoms with Crippen molar-refractivity contribution >= 4 is 23.3 Å². The second-order valence-corrected chi connectivity index (χ2v) is 7.82. The number of carbonyl (C=O) groups excluding carboxylic acids is 2. The van der Waals surface area contributed by atoms with Gasteiger partial charge in [-0.05, 0) is 47.0 Å². The first kappa shape index (κ1) is 17.7. The van der Waals surface area contributed by atoms with Crippen LogP contribution in [0.15, 0.2) is 5.38 Å². The number of ether oxygens (including phenoxy) is 1. The summed E-state index contributed by atoms with van der Waals surface area (Å²) in [6.07, 6.45) is 2.09. The highest BCUT2D eigenvalue weighted by Gasteiger charge is 2.34. The largest absolute Gasteiger partial charge is 0.444 e. The number of carbonyl (C=O) groups is 2. The molecule has 0 spiro atoms. The molecular formula is C16H25N3O3S. The fraction of sp³-hybridized carbons (Fsp3) is 0.688. The summed E-state index contributed by atoms with van der Waals surface area (Å²) >= 11 is 1.56. The normalized spacial score (nSPS) is 18.6. The van der Waals surface area contributed by atoms with Crippen molar-refractivity contribution in [1.82, 2.24) is 15.2 Å². The lowest BCUT2D eigenvalue weighted by Crippen LogP contribution is -2.53. The lowest BCUT2D eigenvalue weighted by Gasteiger charge is -2.35. The third-order valence-corrected chi connectivity index (χ3v) is 4.37. The summed E-state index contributed by atoms with van der Waals surface area (Å²) in [6.45, 7) is 8.36. The van der Waals surface area contributed by atoms with Crippen LogP contribution < -0.4 is 5.32 Å². The Morgan fingerprint density at radius 3 is 2.78 bits per heavy atom. The molecule has 6 nitrogen and oxygen atoms in total. The van der Waals surface area contributed by atoms with Gasteiger partial charge in [-0.3, -0.25) is 9.69 Å². The Hall–Kier alpha value is -1.63. The first-order valence-corrected chi connectivity index (χ1v) is 8.82. The van der Waals surface area contributed by atoms with Crippen LogP contribution in [-0.4, -0.2) is 40.1 Å². The molecule has 1 N–H and O–H groups in total. The minimum absolute atomic E-state index is 0.138. The highest BCUT2D eigenvalue weighted by atomic mass is 32.1. The van der Waals surface area contributed by atoms with Gasteiger partial charge in [0.15, 0.2) is 0 Å². The van der Waals surface area contributed by atoms with Crippen LogP contribution in [0.25, 0.3) is 0 Å². The zero-order valence-corrected chi connectivity index (χ0v) is 15.0. The predicted octanol–water partition coefficient (Wildman–Crippen LogP) is 2.86. The molecular weight excluding hydrogens is 314 g/mol. The van der Waals surface area contributed by atoms with E-state index in [2.05, 4.69) is 10.3 Å². The molecule has 0 unspecified atom stereocenters. The van der Waals surface area contributed by atoms with Crippen molar-refractivity contribution in [3.8, 4) is 0 Å². The van der Waals surface area contributed by atoms with Crippen LogP contribution in [-0.2, 0) is 16.1 Å². The molecule has 1 fully saturated rings. The van der Waals surface area contributed by atoms with Gasteiger partial charge in [0.1, 0.15) is 11.6 Å². The van der Waals surface area contributed by atoms with E-state index in [1.165, 1.54) is 0 Å². The third kappa shape index (κ3) is 5.20. The van der Waals surface area contributed by atoms with Crippen LogP contribution in [0.5, 0.6) is 0 Å². The smallest absolute Gasteiger partial charge is 0.410 e. The summed E-state index contributed by atoms with van der Waals surface area (Å²) in [7, 11) is 0. The maximum absolute atomic E-state index is 12.5. The topological polar surface area (TPSA) is 71.5 Å². The molecule has 2 rings (SSSR count). The van der Waals surface area contributed by atoms with Crippen molar-refractivity contribution in [2.24, 2.45) is 0 Å². The van der Waals surface area contributed by atoms with E-state index in [9.17, 15) is 9.59 Å². The van der Waals surface area contributed by atoms with E-state index in [1.807, 2.05) is 33.1 Å². The van der Waals surface area contributed by atoms with Gasteiger partial charge in [0.05, 0.1) is 17.2 Å². The molecule has 0 aromatic carbocycles. The summed E-state index contributed by atoms with van der Waals surface area (Å²) in [5.74, 6) is -0.138. The lowest BCUT2D eigenvalue weighted by molar-refractivity contribution is -0.127. The Bertz CT molecular complexity index is 565. The first-order chi connectivity index (χ1) is 10.8. The average molecular weight is 339 g/mol. The van der Waals surface area contributed by atoms with Crippen molar-refractivity contribution in [3.63, 3.8) is 0 Å². The SMILES string of the molecule is Cc1nc(CNC(=O)[C@@H]2CCCCN2C(=O)OC(C)(C)C)cs1. The molecule has 1 aliphatic heterocycles. The van der Waals surface area contributed by atoms with Crippen LogP contribution in [0, 0.1) is 6.92 Å². The van der Waals surface area contributed by atoms with Crippen molar-refractivity contribution < 1.29 is 14.3 Å². The summed E-state index contributed by atoms with van der Waals surface area (Å²) < 4.78 is 5.42. The quantitative estimate of drug-likeness (QED) is 0.919. The van der Waals surface area contributed by atoms with E-state index in [0.29, 0.717) is 19.5 Å². The molecule has 23 heavy (non-hydrogen) atoms. The standard InChI is InChI=1S/C16H25N3O3S/c1-11-18-12(10-23-11)9-17-14(20)13-7-5-6-8-19(13)15(21)22-16(2,3)4/h10,13H,5-9H2,1-4H3,(H,17,20)/t13-/m0/s1. The van der Waals surface area contributed by atoms with Gasteiger partial charge in [0.25, 0.3) is 0 Å². The maximum Gasteiger partial charge on any atom is 0.410 e. The van der Waals surface area contributed by atoms with Gasteiger partial charge >= 0.3 is 6.09 Å². The number of aryl methyl sites for hydroxylation is 1. The van der Waals surface area contributed by atoms with E-state index < -0.39 is 17.7 Å². The molecule has 1 aromatic heterocycles. The number of amides is 2. The molecule has 7 heteroatoms. The lowest BCUT2D eigenvalue weighted by atomic mass is 10.0. The van der Waals surface area contributed by atoms with Crippen molar-refractivity contribution in [1.29, 1.82) is 0 Å². The Morgan fingerprint density at radius 2 is 2.17 bits per heavy atom. The number of hydrogen-bond acceptors (Lipinski definition) is 5. The average Bonchev–Trinajstić information content (AvgIpc) is 2.88. The van der Waals surface area contributed by atoms with Crippen LogP contribution in [0.1, 0.15) is 50.7 Å². The number of aromatic nitrogens is 1. The molecule has 0 aliphatic carbocycles. The number of likely N-dealkylation sites (tertiary alicyclic amines) is 1. The van der Waals surface area contributed by atoms with Gasteiger partial charge in [0, 0.05) is 11.9 Å². The molecule has 128 valence electrons. The summed E-state index contributed by atoms with van der Waals surface area (Å²) in [6, 6.07) is -0.460. The van der Waals surface area contributed by atoms with Crippen LogP contribution in [0.4, 0.5) is 4.79 Å². The highest BCUT2D eigenvalue weighted by Crippen LogP contribution is 2.20. The fourth-order valence-corrected chi connectivity index (χ4v) is 3.14. The molecule has 0 bridgehead atoms. The number of nitrogens with one attached hydrogen (secondary N) is 1. The molecule has 0 radical (unpaired) electrons. The fourth-order valence-electron chi connectivity index (χ4n) is 2.53. The number of thiazole rings is 1. The molecule has 1 aliphatic rings. The molecule has 1 aromatic rings. The van der Waals surface area contributed by atoms with E-state index in [4.69, 9.17) is 4.74 Å². The minimum Gasteiger partial charge on any atom is -0.444 e. The van der Waals surface area contributed by atoms with Crippen molar-refractivity contribution in [2.45, 2.75) is 65.1 Å². The highest BCUT2D eigenvalue weighted by molar-refractivity contribution is 7.09. The Labute approximate surface area is 141 Å². The summed E-state index contributed by atoms with van der Waals surface area (Å²) in [4.78, 5) is 30.7. The minimum atomic E-state index is -0.562.